The topological polar surface area (TPSA) is 12.5 Å². The average molecular weight is 283 g/mol. The molecule has 0 aliphatic carbocycles. The van der Waals surface area contributed by atoms with E-state index < -0.39 is 0 Å². The first-order chi connectivity index (χ1) is 10.1. The van der Waals surface area contributed by atoms with Crippen LogP contribution in [0, 0.1) is 13.8 Å². The molecule has 2 aromatic carbocycles. The van der Waals surface area contributed by atoms with Gasteiger partial charge in [-0.3, -0.25) is 0 Å². The molecule has 1 atom stereocenters. The van der Waals surface area contributed by atoms with Gasteiger partial charge in [-0.15, -0.1) is 0 Å². The lowest BCUT2D eigenvalue weighted by Gasteiger charge is -2.22. The smallest absolute Gasteiger partial charge is 0.108 e. The Morgan fingerprint density at radius 2 is 1.71 bits per heavy atom. The largest absolute Gasteiger partial charge is 0.367 e. The minimum Gasteiger partial charge on any atom is -0.367 e. The molecule has 0 spiro atoms. The molecule has 2 rings (SSSR count). The summed E-state index contributed by atoms with van der Waals surface area (Å²) in [4.78, 5) is 2.14. The van der Waals surface area contributed by atoms with Crippen LogP contribution in [0.4, 0.5) is 0 Å². The molecule has 112 valence electrons. The van der Waals surface area contributed by atoms with Crippen LogP contribution in [0.15, 0.2) is 48.5 Å². The molecule has 0 saturated carbocycles. The standard InChI is InChI=1S/C19H25NO/c1-15-10-11-18(16(2)14-15)19(21-13-12-20(3)4)17-8-6-5-7-9-17/h5-11,14,19H,12-13H2,1-4H3. The number of likely N-dealkylation sites (N-methyl/N-ethyl adjacent to an activating group) is 1. The van der Waals surface area contributed by atoms with Crippen LogP contribution in [0.2, 0.25) is 0 Å². The van der Waals surface area contributed by atoms with Gasteiger partial charge in [-0.25, -0.2) is 0 Å². The van der Waals surface area contributed by atoms with Crippen LogP contribution in [0.5, 0.6) is 0 Å². The van der Waals surface area contributed by atoms with E-state index in [4.69, 9.17) is 4.74 Å². The molecule has 0 aromatic heterocycles. The molecule has 0 radical (unpaired) electrons. The van der Waals surface area contributed by atoms with Crippen LogP contribution in [0.25, 0.3) is 0 Å². The number of ether oxygens (including phenoxy) is 1. The fourth-order valence-corrected chi connectivity index (χ4v) is 2.47. The van der Waals surface area contributed by atoms with E-state index in [2.05, 4.69) is 75.3 Å². The molecule has 2 nitrogen and oxygen atoms in total. The van der Waals surface area contributed by atoms with Gasteiger partial charge < -0.3 is 9.64 Å². The summed E-state index contributed by atoms with van der Waals surface area (Å²) in [7, 11) is 4.13. The van der Waals surface area contributed by atoms with Gasteiger partial charge in [0, 0.05) is 6.54 Å². The first kappa shape index (κ1) is 15.7. The van der Waals surface area contributed by atoms with E-state index in [-0.39, 0.29) is 6.10 Å². The third-order valence-corrected chi connectivity index (χ3v) is 3.63. The average Bonchev–Trinajstić information content (AvgIpc) is 2.45. The van der Waals surface area contributed by atoms with Gasteiger partial charge in [0.15, 0.2) is 0 Å². The van der Waals surface area contributed by atoms with Gasteiger partial charge in [0.1, 0.15) is 6.10 Å². The van der Waals surface area contributed by atoms with Crippen molar-refractivity contribution in [2.75, 3.05) is 27.2 Å². The van der Waals surface area contributed by atoms with Gasteiger partial charge in [-0.2, -0.15) is 0 Å². The molecular formula is C19H25NO. The maximum atomic E-state index is 6.20. The van der Waals surface area contributed by atoms with Crippen molar-refractivity contribution in [2.24, 2.45) is 0 Å². The second kappa shape index (κ2) is 7.39. The van der Waals surface area contributed by atoms with E-state index in [0.29, 0.717) is 0 Å². The molecule has 0 N–H and O–H groups in total. The molecule has 0 aliphatic rings. The summed E-state index contributed by atoms with van der Waals surface area (Å²) >= 11 is 0. The van der Waals surface area contributed by atoms with Crippen LogP contribution in [-0.4, -0.2) is 32.1 Å². The number of rotatable bonds is 6. The van der Waals surface area contributed by atoms with Gasteiger partial charge in [0.25, 0.3) is 0 Å². The second-order valence-electron chi connectivity index (χ2n) is 5.82. The van der Waals surface area contributed by atoms with Crippen LogP contribution >= 0.6 is 0 Å². The van der Waals surface area contributed by atoms with Crippen molar-refractivity contribution in [3.8, 4) is 0 Å². The van der Waals surface area contributed by atoms with Gasteiger partial charge in [-0.1, -0.05) is 54.1 Å². The molecule has 0 bridgehead atoms. The van der Waals surface area contributed by atoms with E-state index in [9.17, 15) is 0 Å². The zero-order chi connectivity index (χ0) is 15.2. The molecule has 0 fully saturated rings. The van der Waals surface area contributed by atoms with Crippen molar-refractivity contribution in [2.45, 2.75) is 20.0 Å². The molecule has 0 saturated heterocycles. The molecule has 1 unspecified atom stereocenters. The van der Waals surface area contributed by atoms with Crippen molar-refractivity contribution in [1.82, 2.24) is 4.90 Å². The molecular weight excluding hydrogens is 258 g/mol. The molecule has 2 aromatic rings. The lowest BCUT2D eigenvalue weighted by Crippen LogP contribution is -2.20. The maximum Gasteiger partial charge on any atom is 0.108 e. The summed E-state index contributed by atoms with van der Waals surface area (Å²) in [5.74, 6) is 0. The van der Waals surface area contributed by atoms with Gasteiger partial charge in [0.05, 0.1) is 6.61 Å². The second-order valence-corrected chi connectivity index (χ2v) is 5.82. The summed E-state index contributed by atoms with van der Waals surface area (Å²) in [5, 5.41) is 0. The Kier molecular flexibility index (Phi) is 5.54. The van der Waals surface area contributed by atoms with Crippen molar-refractivity contribution in [1.29, 1.82) is 0 Å². The summed E-state index contributed by atoms with van der Waals surface area (Å²) < 4.78 is 6.20. The fraction of sp³-hybridized carbons (Fsp3) is 0.368. The zero-order valence-corrected chi connectivity index (χ0v) is 13.5. The SMILES string of the molecule is Cc1ccc(C(OCCN(C)C)c2ccccc2)c(C)c1. The quantitative estimate of drug-likeness (QED) is 0.795. The van der Waals surface area contributed by atoms with Crippen molar-refractivity contribution >= 4 is 0 Å². The van der Waals surface area contributed by atoms with Crippen LogP contribution < -0.4 is 0 Å². The van der Waals surface area contributed by atoms with Crippen LogP contribution in [-0.2, 0) is 4.74 Å². The molecule has 21 heavy (non-hydrogen) atoms. The Bertz CT molecular complexity index is 563. The number of nitrogens with zero attached hydrogens (tertiary/aromatic N) is 1. The number of benzene rings is 2. The minimum absolute atomic E-state index is 0.00625. The molecule has 0 heterocycles. The normalized spacial score (nSPS) is 12.6. The number of hydrogen-bond donors (Lipinski definition) is 0. The first-order valence-corrected chi connectivity index (χ1v) is 7.46. The van der Waals surface area contributed by atoms with Gasteiger partial charge in [-0.05, 0) is 44.6 Å². The summed E-state index contributed by atoms with van der Waals surface area (Å²) in [5.41, 5.74) is 5.04. The Morgan fingerprint density at radius 1 is 1.00 bits per heavy atom. The third-order valence-electron chi connectivity index (χ3n) is 3.63. The molecule has 0 aliphatic heterocycles. The van der Waals surface area contributed by atoms with E-state index in [0.717, 1.165) is 13.2 Å². The van der Waals surface area contributed by atoms with Gasteiger partial charge in [0.2, 0.25) is 0 Å². The number of aryl methyl sites for hydroxylation is 2. The predicted molar refractivity (Wildman–Crippen MR) is 88.7 cm³/mol. The van der Waals surface area contributed by atoms with E-state index >= 15 is 0 Å². The molecule has 2 heteroatoms. The van der Waals surface area contributed by atoms with Gasteiger partial charge >= 0.3 is 0 Å². The highest BCUT2D eigenvalue weighted by atomic mass is 16.5. The minimum atomic E-state index is 0.00625. The van der Waals surface area contributed by atoms with Crippen molar-refractivity contribution < 1.29 is 4.74 Å². The number of hydrogen-bond acceptors (Lipinski definition) is 2. The summed E-state index contributed by atoms with van der Waals surface area (Å²) in [6.45, 7) is 5.93. The predicted octanol–water partition coefficient (Wildman–Crippen LogP) is 3.97. The van der Waals surface area contributed by atoms with Crippen LogP contribution in [0.1, 0.15) is 28.4 Å². The Balaban J connectivity index is 2.27. The Labute approximate surface area is 128 Å². The fourth-order valence-electron chi connectivity index (χ4n) is 2.47. The first-order valence-electron chi connectivity index (χ1n) is 7.46. The lowest BCUT2D eigenvalue weighted by molar-refractivity contribution is 0.0683. The van der Waals surface area contributed by atoms with Crippen LogP contribution in [0.3, 0.4) is 0 Å². The van der Waals surface area contributed by atoms with Crippen molar-refractivity contribution in [3.05, 3.63) is 70.8 Å². The molecule has 0 amide bonds. The van der Waals surface area contributed by atoms with E-state index in [1.165, 1.54) is 22.3 Å². The highest BCUT2D eigenvalue weighted by Gasteiger charge is 2.16. The maximum absolute atomic E-state index is 6.20. The van der Waals surface area contributed by atoms with Crippen molar-refractivity contribution in [3.63, 3.8) is 0 Å². The van der Waals surface area contributed by atoms with E-state index in [1.54, 1.807) is 0 Å². The highest BCUT2D eigenvalue weighted by molar-refractivity contribution is 5.37. The highest BCUT2D eigenvalue weighted by Crippen LogP contribution is 2.28. The Morgan fingerprint density at radius 3 is 2.33 bits per heavy atom. The monoisotopic (exact) mass is 283 g/mol. The van der Waals surface area contributed by atoms with E-state index in [1.807, 2.05) is 6.07 Å². The zero-order valence-electron chi connectivity index (χ0n) is 13.5. The lowest BCUT2D eigenvalue weighted by atomic mass is 9.96. The summed E-state index contributed by atoms with van der Waals surface area (Å²) in [6.07, 6.45) is 0.00625. The third kappa shape index (κ3) is 4.42. The Hall–Kier alpha value is -1.64. The summed E-state index contributed by atoms with van der Waals surface area (Å²) in [6, 6.07) is 17.0.